The molecule has 1 N–H and O–H groups in total. The van der Waals surface area contributed by atoms with Crippen molar-refractivity contribution in [1.82, 2.24) is 25.5 Å². The molecule has 0 aliphatic rings. The van der Waals surface area contributed by atoms with Gasteiger partial charge in [0.05, 0.1) is 12.8 Å². The van der Waals surface area contributed by atoms with Crippen LogP contribution in [0.25, 0.3) is 0 Å². The Hall–Kier alpha value is -1.40. The van der Waals surface area contributed by atoms with Crippen LogP contribution in [0.1, 0.15) is 31.3 Å². The van der Waals surface area contributed by atoms with E-state index in [4.69, 9.17) is 0 Å². The molecule has 0 radical (unpaired) electrons. The van der Waals surface area contributed by atoms with E-state index in [9.17, 15) is 0 Å². The van der Waals surface area contributed by atoms with Gasteiger partial charge in [-0.2, -0.15) is 4.80 Å². The molecule has 19 heavy (non-hydrogen) atoms. The maximum Gasteiger partial charge on any atom is 0.184 e. The van der Waals surface area contributed by atoms with Crippen molar-refractivity contribution in [1.29, 1.82) is 0 Å². The molecule has 2 rings (SSSR count). The van der Waals surface area contributed by atoms with Crippen LogP contribution in [-0.2, 0) is 12.8 Å². The van der Waals surface area contributed by atoms with E-state index >= 15 is 0 Å². The van der Waals surface area contributed by atoms with Gasteiger partial charge in [-0.05, 0) is 36.4 Å². The Labute approximate surface area is 117 Å². The number of nitrogens with zero attached hydrogens (tertiary/aromatic N) is 4. The molecule has 0 spiro atoms. The first kappa shape index (κ1) is 14.0. The van der Waals surface area contributed by atoms with Crippen LogP contribution in [0.2, 0.25) is 0 Å². The summed E-state index contributed by atoms with van der Waals surface area (Å²) >= 11 is 1.73. The minimum Gasteiger partial charge on any atom is -0.310 e. The van der Waals surface area contributed by atoms with Crippen molar-refractivity contribution in [3.63, 3.8) is 0 Å². The van der Waals surface area contributed by atoms with Crippen molar-refractivity contribution >= 4 is 11.8 Å². The molecule has 1 atom stereocenters. The van der Waals surface area contributed by atoms with Gasteiger partial charge in [-0.25, -0.2) is 0 Å². The van der Waals surface area contributed by atoms with Crippen molar-refractivity contribution in [3.05, 3.63) is 35.7 Å². The first-order valence-electron chi connectivity index (χ1n) is 6.38. The summed E-state index contributed by atoms with van der Waals surface area (Å²) in [6, 6.07) is 8.95. The molecule has 0 fully saturated rings. The van der Waals surface area contributed by atoms with Crippen molar-refractivity contribution in [2.45, 2.75) is 30.5 Å². The quantitative estimate of drug-likeness (QED) is 0.820. The highest BCUT2D eigenvalue weighted by atomic mass is 32.2. The van der Waals surface area contributed by atoms with E-state index in [2.05, 4.69) is 58.8 Å². The van der Waals surface area contributed by atoms with Crippen LogP contribution < -0.4 is 5.32 Å². The third kappa shape index (κ3) is 4.04. The lowest BCUT2D eigenvalue weighted by Gasteiger charge is -2.13. The summed E-state index contributed by atoms with van der Waals surface area (Å²) in [6.45, 7) is 5.27. The third-order valence-electron chi connectivity index (χ3n) is 2.79. The number of thioether (sulfide) groups is 1. The minimum atomic E-state index is 0.375. The van der Waals surface area contributed by atoms with Gasteiger partial charge in [0.2, 0.25) is 0 Å². The van der Waals surface area contributed by atoms with E-state index in [0.29, 0.717) is 6.04 Å². The van der Waals surface area contributed by atoms with E-state index in [-0.39, 0.29) is 0 Å². The molecule has 1 unspecified atom stereocenters. The molecule has 0 aliphatic carbocycles. The fraction of sp³-hybridized carbons (Fsp3) is 0.462. The summed E-state index contributed by atoms with van der Waals surface area (Å²) < 4.78 is 0. The summed E-state index contributed by atoms with van der Waals surface area (Å²) in [5.41, 5.74) is 1.30. The van der Waals surface area contributed by atoms with Gasteiger partial charge in [-0.3, -0.25) is 0 Å². The van der Waals surface area contributed by atoms with E-state index in [1.165, 1.54) is 15.3 Å². The minimum absolute atomic E-state index is 0.375. The number of tetrazole rings is 1. The Morgan fingerprint density at radius 2 is 2.26 bits per heavy atom. The lowest BCUT2D eigenvalue weighted by Crippen LogP contribution is -2.17. The highest BCUT2D eigenvalue weighted by Gasteiger charge is 2.06. The lowest BCUT2D eigenvalue weighted by molar-refractivity contribution is 0.597. The Balaban J connectivity index is 1.98. The molecule has 2 aromatic rings. The Bertz CT molecular complexity index is 525. The highest BCUT2D eigenvalue weighted by Crippen LogP contribution is 2.24. The molecule has 0 amide bonds. The Morgan fingerprint density at radius 3 is 2.95 bits per heavy atom. The number of benzene rings is 1. The molecule has 0 bridgehead atoms. The third-order valence-corrected chi connectivity index (χ3v) is 3.78. The summed E-state index contributed by atoms with van der Waals surface area (Å²) in [5, 5.41) is 15.4. The number of hydrogen-bond donors (Lipinski definition) is 1. The molecular weight excluding hydrogens is 258 g/mol. The van der Waals surface area contributed by atoms with Gasteiger partial charge in [0.25, 0.3) is 0 Å². The number of aryl methyl sites for hydroxylation is 1. The van der Waals surface area contributed by atoms with Gasteiger partial charge in [0, 0.05) is 10.9 Å². The van der Waals surface area contributed by atoms with Crippen LogP contribution in [-0.4, -0.2) is 26.8 Å². The molecule has 1 aromatic carbocycles. The molecular formula is C13H19N5S. The first-order valence-corrected chi connectivity index (χ1v) is 7.36. The summed E-state index contributed by atoms with van der Waals surface area (Å²) in [7, 11) is 1.78. The predicted molar refractivity (Wildman–Crippen MR) is 76.9 cm³/mol. The second-order valence-corrected chi connectivity index (χ2v) is 5.38. The van der Waals surface area contributed by atoms with Gasteiger partial charge in [0.15, 0.2) is 5.82 Å². The molecule has 5 nitrogen and oxygen atoms in total. The molecule has 0 saturated carbocycles. The fourth-order valence-corrected chi connectivity index (χ4v) is 2.63. The summed E-state index contributed by atoms with van der Waals surface area (Å²) in [5.74, 6) is 1.50. The van der Waals surface area contributed by atoms with Crippen LogP contribution in [0.5, 0.6) is 0 Å². The monoisotopic (exact) mass is 277 g/mol. The van der Waals surface area contributed by atoms with Crippen molar-refractivity contribution in [2.75, 3.05) is 6.54 Å². The molecule has 1 heterocycles. The molecule has 0 aliphatic heterocycles. The largest absolute Gasteiger partial charge is 0.310 e. The Morgan fingerprint density at radius 1 is 1.42 bits per heavy atom. The van der Waals surface area contributed by atoms with Crippen molar-refractivity contribution in [2.24, 2.45) is 7.05 Å². The standard InChI is InChI=1S/C13H19N5S/c1-4-14-10(2)11-6-5-7-12(8-11)19-9-13-15-17-18(3)16-13/h5-8,10,14H,4,9H2,1-3H3. The van der Waals surface area contributed by atoms with E-state index < -0.39 is 0 Å². The number of nitrogens with one attached hydrogen (secondary N) is 1. The second-order valence-electron chi connectivity index (χ2n) is 4.34. The average molecular weight is 277 g/mol. The van der Waals surface area contributed by atoms with Crippen molar-refractivity contribution < 1.29 is 0 Å². The lowest BCUT2D eigenvalue weighted by atomic mass is 10.1. The zero-order valence-electron chi connectivity index (χ0n) is 11.5. The SMILES string of the molecule is CCNC(C)c1cccc(SCc2nnn(C)n2)c1. The average Bonchev–Trinajstić information content (AvgIpc) is 2.83. The second kappa shape index (κ2) is 6.68. The van der Waals surface area contributed by atoms with E-state index in [0.717, 1.165) is 18.1 Å². The van der Waals surface area contributed by atoms with Crippen LogP contribution in [0.4, 0.5) is 0 Å². The van der Waals surface area contributed by atoms with Gasteiger partial charge in [-0.1, -0.05) is 19.1 Å². The van der Waals surface area contributed by atoms with Crippen LogP contribution in [0, 0.1) is 0 Å². The molecule has 102 valence electrons. The molecule has 0 saturated heterocycles. The normalized spacial score (nSPS) is 12.6. The van der Waals surface area contributed by atoms with E-state index in [1.807, 2.05) is 0 Å². The smallest absolute Gasteiger partial charge is 0.184 e. The van der Waals surface area contributed by atoms with Gasteiger partial charge < -0.3 is 5.32 Å². The van der Waals surface area contributed by atoms with E-state index in [1.54, 1.807) is 18.8 Å². The van der Waals surface area contributed by atoms with Crippen LogP contribution >= 0.6 is 11.8 Å². The molecule has 1 aromatic heterocycles. The first-order chi connectivity index (χ1) is 9.19. The van der Waals surface area contributed by atoms with Gasteiger partial charge in [-0.15, -0.1) is 22.0 Å². The van der Waals surface area contributed by atoms with Crippen LogP contribution in [0.15, 0.2) is 29.2 Å². The Kier molecular flexibility index (Phi) is 4.93. The highest BCUT2D eigenvalue weighted by molar-refractivity contribution is 7.98. The zero-order valence-corrected chi connectivity index (χ0v) is 12.3. The number of hydrogen-bond acceptors (Lipinski definition) is 5. The number of rotatable bonds is 6. The van der Waals surface area contributed by atoms with Gasteiger partial charge in [0.1, 0.15) is 0 Å². The summed E-state index contributed by atoms with van der Waals surface area (Å²) in [6.07, 6.45) is 0. The maximum atomic E-state index is 4.17. The topological polar surface area (TPSA) is 55.6 Å². The fourth-order valence-electron chi connectivity index (χ4n) is 1.83. The number of aromatic nitrogens is 4. The summed E-state index contributed by atoms with van der Waals surface area (Å²) in [4.78, 5) is 2.72. The maximum absolute atomic E-state index is 4.17. The zero-order chi connectivity index (χ0) is 13.7. The van der Waals surface area contributed by atoms with Gasteiger partial charge >= 0.3 is 0 Å². The van der Waals surface area contributed by atoms with Crippen molar-refractivity contribution in [3.8, 4) is 0 Å². The van der Waals surface area contributed by atoms with Crippen LogP contribution in [0.3, 0.4) is 0 Å². The molecule has 6 heteroatoms. The predicted octanol–water partition coefficient (Wildman–Crippen LogP) is 2.17.